The smallest absolute Gasteiger partial charge is 0.387 e. The number of nitrogens with zero attached hydrogens (tertiary/aromatic N) is 1. The average Bonchev–Trinajstić information content (AvgIpc) is 2.53. The van der Waals surface area contributed by atoms with Crippen LogP contribution in [0.25, 0.3) is 0 Å². The highest BCUT2D eigenvalue weighted by Crippen LogP contribution is 2.35. The summed E-state index contributed by atoms with van der Waals surface area (Å²) in [7, 11) is 2.19. The van der Waals surface area contributed by atoms with E-state index < -0.39 is 53.1 Å². The van der Waals surface area contributed by atoms with E-state index in [1.807, 2.05) is 0 Å². The molecule has 1 aromatic rings. The van der Waals surface area contributed by atoms with Crippen LogP contribution in [0, 0.1) is 10.1 Å². The minimum atomic E-state index is -3.26. The number of rotatable bonds is 9. The number of nitro groups is 1. The van der Waals surface area contributed by atoms with Crippen LogP contribution in [-0.4, -0.2) is 55.4 Å². The molecule has 1 unspecified atom stereocenters. The van der Waals surface area contributed by atoms with Gasteiger partial charge in [0.15, 0.2) is 17.6 Å². The summed E-state index contributed by atoms with van der Waals surface area (Å²) in [4.78, 5) is 33.0. The molecule has 1 atom stereocenters. The van der Waals surface area contributed by atoms with E-state index in [0.29, 0.717) is 6.07 Å². The van der Waals surface area contributed by atoms with Crippen LogP contribution in [0.1, 0.15) is 10.4 Å². The predicted molar refractivity (Wildman–Crippen MR) is 77.0 cm³/mol. The van der Waals surface area contributed by atoms with E-state index in [9.17, 15) is 28.5 Å². The van der Waals surface area contributed by atoms with Gasteiger partial charge in [0.05, 0.1) is 24.6 Å². The van der Waals surface area contributed by atoms with Crippen LogP contribution in [0.5, 0.6) is 11.5 Å². The maximum atomic E-state index is 12.4. The molecule has 0 aromatic heterocycles. The van der Waals surface area contributed by atoms with Gasteiger partial charge in [-0.3, -0.25) is 14.9 Å². The number of ether oxygens (including phenoxy) is 3. The van der Waals surface area contributed by atoms with Crippen molar-refractivity contribution >= 4 is 17.6 Å². The van der Waals surface area contributed by atoms with Gasteiger partial charge >= 0.3 is 12.6 Å². The van der Waals surface area contributed by atoms with Gasteiger partial charge in [-0.25, -0.2) is 4.79 Å². The van der Waals surface area contributed by atoms with Crippen LogP contribution in [-0.2, 0) is 9.53 Å². The zero-order valence-electron chi connectivity index (χ0n) is 13.0. The number of carbonyl (C=O) groups is 2. The predicted octanol–water partition coefficient (Wildman–Crippen LogP) is 1.03. The summed E-state index contributed by atoms with van der Waals surface area (Å²) in [6, 6.07) is 1.46. The lowest BCUT2D eigenvalue weighted by molar-refractivity contribution is -0.385. The molecule has 12 heteroatoms. The summed E-state index contributed by atoms with van der Waals surface area (Å²) in [5, 5.41) is 22.0. The molecular formula is C13H14F2N2O8. The van der Waals surface area contributed by atoms with Crippen LogP contribution in [0.2, 0.25) is 0 Å². The number of carbonyl (C=O) groups excluding carboxylic acids is 1. The van der Waals surface area contributed by atoms with Crippen LogP contribution >= 0.6 is 0 Å². The number of amides is 1. The first-order valence-electron chi connectivity index (χ1n) is 6.56. The molecule has 0 aliphatic heterocycles. The number of hydrogen-bond acceptors (Lipinski definition) is 7. The van der Waals surface area contributed by atoms with Crippen LogP contribution < -0.4 is 14.8 Å². The lowest BCUT2D eigenvalue weighted by atomic mass is 10.1. The number of methoxy groups -OCH3 is 2. The molecular weight excluding hydrogens is 350 g/mol. The van der Waals surface area contributed by atoms with E-state index in [1.54, 1.807) is 0 Å². The molecule has 0 aliphatic carbocycles. The number of aliphatic carboxylic acids is 1. The van der Waals surface area contributed by atoms with E-state index in [2.05, 4.69) is 14.8 Å². The maximum absolute atomic E-state index is 12.4. The number of carboxylic acid groups (broad SMARTS) is 1. The van der Waals surface area contributed by atoms with Crippen molar-refractivity contribution in [1.82, 2.24) is 5.32 Å². The molecule has 2 N–H and O–H groups in total. The fraction of sp³-hybridized carbons (Fsp3) is 0.385. The fourth-order valence-corrected chi connectivity index (χ4v) is 1.78. The van der Waals surface area contributed by atoms with Gasteiger partial charge in [-0.05, 0) is 0 Å². The Kier molecular flexibility index (Phi) is 6.99. The molecule has 1 rings (SSSR count). The highest BCUT2D eigenvalue weighted by atomic mass is 19.3. The van der Waals surface area contributed by atoms with Crippen LogP contribution in [0.15, 0.2) is 12.1 Å². The minimum Gasteiger partial charge on any atom is -0.493 e. The van der Waals surface area contributed by atoms with Crippen molar-refractivity contribution in [3.8, 4) is 11.5 Å². The van der Waals surface area contributed by atoms with Crippen molar-refractivity contribution in [2.24, 2.45) is 0 Å². The summed E-state index contributed by atoms with van der Waals surface area (Å²) in [5.41, 5.74) is -1.35. The number of halogens is 2. The summed E-state index contributed by atoms with van der Waals surface area (Å²) >= 11 is 0. The second kappa shape index (κ2) is 8.73. The first-order valence-corrected chi connectivity index (χ1v) is 6.56. The second-order valence-electron chi connectivity index (χ2n) is 4.43. The molecule has 10 nitrogen and oxygen atoms in total. The normalized spacial score (nSPS) is 11.7. The summed E-state index contributed by atoms with van der Waals surface area (Å²) < 4.78 is 38.2. The number of nitrogens with one attached hydrogen (secondary N) is 1. The van der Waals surface area contributed by atoms with Gasteiger partial charge < -0.3 is 24.6 Å². The third-order valence-corrected chi connectivity index (χ3v) is 2.95. The van der Waals surface area contributed by atoms with Crippen LogP contribution in [0.3, 0.4) is 0 Å². The molecule has 0 heterocycles. The molecule has 0 aliphatic rings. The van der Waals surface area contributed by atoms with Gasteiger partial charge in [0.1, 0.15) is 5.56 Å². The van der Waals surface area contributed by atoms with Crippen molar-refractivity contribution in [3.63, 3.8) is 0 Å². The van der Waals surface area contributed by atoms with Gasteiger partial charge in [-0.2, -0.15) is 8.78 Å². The van der Waals surface area contributed by atoms with Crippen molar-refractivity contribution in [2.75, 3.05) is 20.8 Å². The Labute approximate surface area is 139 Å². The molecule has 138 valence electrons. The third kappa shape index (κ3) is 5.24. The number of benzene rings is 1. The van der Waals surface area contributed by atoms with E-state index in [1.165, 1.54) is 0 Å². The summed E-state index contributed by atoms with van der Waals surface area (Å²) in [6.07, 6.45) is -1.37. The average molecular weight is 364 g/mol. The lowest BCUT2D eigenvalue weighted by Crippen LogP contribution is -2.38. The molecule has 0 spiro atoms. The van der Waals surface area contributed by atoms with E-state index in [4.69, 9.17) is 9.84 Å². The van der Waals surface area contributed by atoms with Gasteiger partial charge in [0.25, 0.3) is 11.6 Å². The minimum absolute atomic E-state index is 0.336. The van der Waals surface area contributed by atoms with Crippen molar-refractivity contribution in [3.05, 3.63) is 27.8 Å². The zero-order chi connectivity index (χ0) is 19.1. The SMILES string of the molecule is COc1cc(C(=O)NCC(OC)C(=O)O)c([N+](=O)[O-])cc1OC(F)F. The largest absolute Gasteiger partial charge is 0.493 e. The van der Waals surface area contributed by atoms with Gasteiger partial charge in [0.2, 0.25) is 0 Å². The van der Waals surface area contributed by atoms with Gasteiger partial charge in [-0.15, -0.1) is 0 Å². The molecule has 0 bridgehead atoms. The lowest BCUT2D eigenvalue weighted by Gasteiger charge is -2.14. The summed E-state index contributed by atoms with van der Waals surface area (Å²) in [5.74, 6) is -3.33. The van der Waals surface area contributed by atoms with Crippen molar-refractivity contribution in [2.45, 2.75) is 12.7 Å². The van der Waals surface area contributed by atoms with Crippen molar-refractivity contribution in [1.29, 1.82) is 0 Å². The van der Waals surface area contributed by atoms with E-state index in [0.717, 1.165) is 20.3 Å². The molecule has 0 saturated heterocycles. The Hall–Kier alpha value is -3.02. The Morgan fingerprint density at radius 2 is 1.96 bits per heavy atom. The van der Waals surface area contributed by atoms with Crippen molar-refractivity contribution < 1.29 is 42.6 Å². The molecule has 1 amide bonds. The highest BCUT2D eigenvalue weighted by Gasteiger charge is 2.27. The standard InChI is InChI=1S/C13H14F2N2O8/c1-23-8-3-6(11(18)16-5-10(24-2)12(19)20)7(17(21)22)4-9(8)25-13(14)15/h3-4,10,13H,5H2,1-2H3,(H,16,18)(H,19,20). The van der Waals surface area contributed by atoms with E-state index in [-0.39, 0.29) is 5.75 Å². The quantitative estimate of drug-likeness (QED) is 0.490. The number of alkyl halides is 2. The first-order chi connectivity index (χ1) is 11.7. The van der Waals surface area contributed by atoms with E-state index >= 15 is 0 Å². The summed E-state index contributed by atoms with van der Waals surface area (Å²) in [6.45, 7) is -3.73. The first kappa shape index (κ1) is 20.0. The van der Waals surface area contributed by atoms with Gasteiger partial charge in [-0.1, -0.05) is 0 Å². The Balaban J connectivity index is 3.17. The Morgan fingerprint density at radius 3 is 2.40 bits per heavy atom. The molecule has 0 fully saturated rings. The van der Waals surface area contributed by atoms with Crippen LogP contribution in [0.4, 0.5) is 14.5 Å². The molecule has 0 radical (unpaired) electrons. The molecule has 25 heavy (non-hydrogen) atoms. The Morgan fingerprint density at radius 1 is 1.32 bits per heavy atom. The fourth-order valence-electron chi connectivity index (χ4n) is 1.78. The zero-order valence-corrected chi connectivity index (χ0v) is 13.0. The third-order valence-electron chi connectivity index (χ3n) is 2.95. The topological polar surface area (TPSA) is 137 Å². The molecule has 0 saturated carbocycles. The molecule has 1 aromatic carbocycles. The maximum Gasteiger partial charge on any atom is 0.387 e. The second-order valence-corrected chi connectivity index (χ2v) is 4.43. The number of hydrogen-bond donors (Lipinski definition) is 2. The Bertz CT molecular complexity index is 668. The monoisotopic (exact) mass is 364 g/mol. The highest BCUT2D eigenvalue weighted by molar-refractivity contribution is 5.99. The van der Waals surface area contributed by atoms with Gasteiger partial charge in [0, 0.05) is 13.2 Å². The number of nitro benzene ring substituents is 1. The number of carboxylic acids is 1.